The first kappa shape index (κ1) is 12.1. The lowest BCUT2D eigenvalue weighted by Gasteiger charge is -2.05. The minimum atomic E-state index is -4.32. The molecule has 0 bridgehead atoms. The Morgan fingerprint density at radius 2 is 1.93 bits per heavy atom. The third-order valence-corrected chi connectivity index (χ3v) is 2.73. The first-order valence-corrected chi connectivity index (χ1v) is 5.80. The summed E-state index contributed by atoms with van der Waals surface area (Å²) in [5.74, 6) is -1.61. The fourth-order valence-electron chi connectivity index (χ4n) is 0.847. The van der Waals surface area contributed by atoms with E-state index >= 15 is 0 Å². The predicted molar refractivity (Wildman–Crippen MR) is 46.1 cm³/mol. The Kier molecular flexibility index (Phi) is 3.46. The molecule has 0 heterocycles. The zero-order valence-corrected chi connectivity index (χ0v) is 8.53. The molecule has 0 radical (unpaired) electrons. The Bertz CT molecular complexity index is 461. The first-order valence-electron chi connectivity index (χ1n) is 3.50. The van der Waals surface area contributed by atoms with Gasteiger partial charge in [-0.2, -0.15) is 8.78 Å². The van der Waals surface area contributed by atoms with Crippen LogP contribution >= 0.6 is 10.7 Å². The molecule has 3 nitrogen and oxygen atoms in total. The van der Waals surface area contributed by atoms with Crippen LogP contribution in [0.25, 0.3) is 0 Å². The molecule has 15 heavy (non-hydrogen) atoms. The fourth-order valence-corrected chi connectivity index (χ4v) is 1.76. The molecule has 8 heteroatoms. The molecule has 1 rings (SSSR count). The normalized spacial score (nSPS) is 11.8. The third-order valence-electron chi connectivity index (χ3n) is 1.39. The smallest absolute Gasteiger partial charge is 0.387 e. The summed E-state index contributed by atoms with van der Waals surface area (Å²) in [7, 11) is 0.542. The molecule has 0 aliphatic carbocycles. The summed E-state index contributed by atoms with van der Waals surface area (Å²) >= 11 is 0. The molecule has 0 spiro atoms. The highest BCUT2D eigenvalue weighted by atomic mass is 35.7. The highest BCUT2D eigenvalue weighted by Gasteiger charge is 2.18. The molecule has 0 fully saturated rings. The van der Waals surface area contributed by atoms with Crippen molar-refractivity contribution in [3.8, 4) is 5.75 Å². The summed E-state index contributed by atoms with van der Waals surface area (Å²) in [4.78, 5) is -0.901. The van der Waals surface area contributed by atoms with Gasteiger partial charge in [0.15, 0.2) is 0 Å². The van der Waals surface area contributed by atoms with Crippen LogP contribution in [-0.2, 0) is 9.05 Å². The summed E-state index contributed by atoms with van der Waals surface area (Å²) in [6.07, 6.45) is 0. The van der Waals surface area contributed by atoms with Crippen LogP contribution in [0.15, 0.2) is 23.1 Å². The van der Waals surface area contributed by atoms with Crippen LogP contribution in [0.3, 0.4) is 0 Å². The maximum absolute atomic E-state index is 12.9. The maximum atomic E-state index is 12.9. The van der Waals surface area contributed by atoms with E-state index in [0.29, 0.717) is 12.1 Å². The number of hydrogen-bond acceptors (Lipinski definition) is 3. The van der Waals surface area contributed by atoms with Gasteiger partial charge in [-0.25, -0.2) is 12.8 Å². The van der Waals surface area contributed by atoms with Crippen LogP contribution in [0.2, 0.25) is 0 Å². The Morgan fingerprint density at radius 1 is 1.33 bits per heavy atom. The second-order valence-electron chi connectivity index (χ2n) is 2.41. The average Bonchev–Trinajstić information content (AvgIpc) is 2.05. The van der Waals surface area contributed by atoms with Crippen molar-refractivity contribution in [2.24, 2.45) is 0 Å². The van der Waals surface area contributed by atoms with Crippen molar-refractivity contribution in [3.05, 3.63) is 24.0 Å². The number of hydrogen-bond donors (Lipinski definition) is 0. The van der Waals surface area contributed by atoms with Crippen molar-refractivity contribution < 1.29 is 26.3 Å². The van der Waals surface area contributed by atoms with E-state index in [9.17, 15) is 21.6 Å². The molecule has 0 aliphatic heterocycles. The van der Waals surface area contributed by atoms with Gasteiger partial charge in [0, 0.05) is 16.7 Å². The highest BCUT2D eigenvalue weighted by molar-refractivity contribution is 8.13. The quantitative estimate of drug-likeness (QED) is 0.784. The predicted octanol–water partition coefficient (Wildman–Crippen LogP) is 2.35. The second kappa shape index (κ2) is 4.28. The van der Waals surface area contributed by atoms with Gasteiger partial charge in [-0.15, -0.1) is 0 Å². The number of benzene rings is 1. The molecule has 0 saturated heterocycles. The van der Waals surface area contributed by atoms with E-state index in [4.69, 9.17) is 10.7 Å². The van der Waals surface area contributed by atoms with Crippen LogP contribution in [0, 0.1) is 5.82 Å². The molecule has 84 valence electrons. The molecule has 0 aliphatic rings. The minimum Gasteiger partial charge on any atom is -0.435 e. The molecule has 1 aromatic rings. The lowest BCUT2D eigenvalue weighted by atomic mass is 10.3. The monoisotopic (exact) mass is 260 g/mol. The van der Waals surface area contributed by atoms with E-state index in [2.05, 4.69) is 4.74 Å². The van der Waals surface area contributed by atoms with Gasteiger partial charge in [-0.1, -0.05) is 0 Å². The van der Waals surface area contributed by atoms with Gasteiger partial charge in [0.2, 0.25) is 0 Å². The zero-order valence-electron chi connectivity index (χ0n) is 6.95. The lowest BCUT2D eigenvalue weighted by molar-refractivity contribution is -0.0500. The topological polar surface area (TPSA) is 43.4 Å². The van der Waals surface area contributed by atoms with Gasteiger partial charge in [0.1, 0.15) is 16.5 Å². The van der Waals surface area contributed by atoms with E-state index in [-0.39, 0.29) is 0 Å². The van der Waals surface area contributed by atoms with Gasteiger partial charge in [-0.05, 0) is 12.1 Å². The molecule has 0 N–H and O–H groups in total. The van der Waals surface area contributed by atoms with Crippen molar-refractivity contribution in [1.82, 2.24) is 0 Å². The highest BCUT2D eigenvalue weighted by Crippen LogP contribution is 2.24. The Morgan fingerprint density at radius 3 is 2.40 bits per heavy atom. The zero-order chi connectivity index (χ0) is 11.6. The number of ether oxygens (including phenoxy) is 1. The van der Waals surface area contributed by atoms with Crippen molar-refractivity contribution in [3.63, 3.8) is 0 Å². The van der Waals surface area contributed by atoms with Gasteiger partial charge in [-0.3, -0.25) is 0 Å². The Labute approximate surface area is 87.8 Å². The summed E-state index contributed by atoms with van der Waals surface area (Å²) < 4.78 is 61.8. The van der Waals surface area contributed by atoms with E-state index in [1.807, 2.05) is 0 Å². The number of alkyl halides is 2. The largest absolute Gasteiger partial charge is 0.435 e. The summed E-state index contributed by atoms with van der Waals surface area (Å²) in [5, 5.41) is 0. The van der Waals surface area contributed by atoms with Crippen LogP contribution < -0.4 is 4.74 Å². The fraction of sp³-hybridized carbons (Fsp3) is 0.143. The van der Waals surface area contributed by atoms with Gasteiger partial charge >= 0.3 is 6.61 Å². The molecular weight excluding hydrogens is 257 g/mol. The molecular formula is C7H4ClF3O3S. The average molecular weight is 261 g/mol. The SMILES string of the molecule is O=S(=O)(Cl)c1cc(OC(F)F)ccc1F. The number of halogens is 4. The van der Waals surface area contributed by atoms with Crippen LogP contribution in [0.5, 0.6) is 5.75 Å². The van der Waals surface area contributed by atoms with E-state index in [0.717, 1.165) is 6.07 Å². The van der Waals surface area contributed by atoms with Gasteiger partial charge in [0.25, 0.3) is 9.05 Å². The first-order chi connectivity index (χ1) is 6.80. The Hall–Kier alpha value is -0.950. The van der Waals surface area contributed by atoms with E-state index in [1.54, 1.807) is 0 Å². The number of rotatable bonds is 3. The van der Waals surface area contributed by atoms with Crippen molar-refractivity contribution in [2.45, 2.75) is 11.5 Å². The van der Waals surface area contributed by atoms with E-state index in [1.165, 1.54) is 0 Å². The Balaban J connectivity index is 3.18. The summed E-state index contributed by atoms with van der Waals surface area (Å²) in [6, 6.07) is 2.13. The summed E-state index contributed by atoms with van der Waals surface area (Å²) in [5.41, 5.74) is 0. The van der Waals surface area contributed by atoms with Crippen LogP contribution in [0.4, 0.5) is 13.2 Å². The van der Waals surface area contributed by atoms with Crippen molar-refractivity contribution in [2.75, 3.05) is 0 Å². The third kappa shape index (κ3) is 3.28. The van der Waals surface area contributed by atoms with Crippen molar-refractivity contribution in [1.29, 1.82) is 0 Å². The molecule has 0 aromatic heterocycles. The lowest BCUT2D eigenvalue weighted by Crippen LogP contribution is -2.03. The second-order valence-corrected chi connectivity index (χ2v) is 4.94. The van der Waals surface area contributed by atoms with Gasteiger partial charge < -0.3 is 4.74 Å². The molecule has 0 amide bonds. The maximum Gasteiger partial charge on any atom is 0.387 e. The minimum absolute atomic E-state index is 0.481. The van der Waals surface area contributed by atoms with Crippen LogP contribution in [0.1, 0.15) is 0 Å². The van der Waals surface area contributed by atoms with Gasteiger partial charge in [0.05, 0.1) is 0 Å². The molecule has 0 unspecified atom stereocenters. The standard InChI is InChI=1S/C7H4ClF3O3S/c8-15(12,13)6-3-4(14-7(10)11)1-2-5(6)9/h1-3,7H. The molecule has 0 saturated carbocycles. The molecule has 1 aromatic carbocycles. The van der Waals surface area contributed by atoms with E-state index < -0.39 is 32.1 Å². The van der Waals surface area contributed by atoms with Crippen LogP contribution in [-0.4, -0.2) is 15.0 Å². The molecule has 0 atom stereocenters. The summed E-state index contributed by atoms with van der Waals surface area (Å²) in [6.45, 7) is -3.12. The van der Waals surface area contributed by atoms with Crippen molar-refractivity contribution >= 4 is 19.7 Å².